The van der Waals surface area contributed by atoms with Crippen molar-refractivity contribution in [3.05, 3.63) is 12.2 Å². The topological polar surface area (TPSA) is 46.6 Å². The third kappa shape index (κ3) is 2.60. The molecule has 20 heavy (non-hydrogen) atoms. The molecule has 0 aromatic carbocycles. The minimum atomic E-state index is -0.799. The van der Waals surface area contributed by atoms with Gasteiger partial charge in [-0.05, 0) is 58.3 Å². The van der Waals surface area contributed by atoms with E-state index in [1.807, 2.05) is 27.7 Å². The summed E-state index contributed by atoms with van der Waals surface area (Å²) in [7, 11) is 1.66. The molecule has 0 spiro atoms. The molecule has 2 rings (SSSR count). The van der Waals surface area contributed by atoms with Crippen LogP contribution in [0.3, 0.4) is 0 Å². The first-order valence-electron chi connectivity index (χ1n) is 7.29. The van der Waals surface area contributed by atoms with E-state index in [2.05, 4.69) is 12.2 Å². The fourth-order valence-corrected chi connectivity index (χ4v) is 3.40. The van der Waals surface area contributed by atoms with Gasteiger partial charge < -0.3 is 9.53 Å². The van der Waals surface area contributed by atoms with Crippen LogP contribution in [-0.4, -0.2) is 35.5 Å². The number of likely N-dealkylation sites (N-methyl/N-ethyl adjacent to an activating group) is 1. The standard InChI is InChI=1S/C16H25NO3/c1-15(2,3)20-14(19)17(5)16(4,10-18)13-9-11-6-7-12(13)8-11/h6-7,10-13H,8-9H2,1-5H3. The highest BCUT2D eigenvalue weighted by molar-refractivity contribution is 5.77. The molecular formula is C16H25NO3. The molecule has 1 saturated carbocycles. The SMILES string of the molecule is CN(C(=O)OC(C)(C)C)C(C)(C=O)C1CC2C=CC1C2. The predicted molar refractivity (Wildman–Crippen MR) is 77.3 cm³/mol. The molecule has 1 amide bonds. The van der Waals surface area contributed by atoms with Gasteiger partial charge in [-0.1, -0.05) is 12.2 Å². The molecular weight excluding hydrogens is 254 g/mol. The Balaban J connectivity index is 2.16. The number of carbonyl (C=O) groups is 2. The summed E-state index contributed by atoms with van der Waals surface area (Å²) < 4.78 is 5.40. The summed E-state index contributed by atoms with van der Waals surface area (Å²) in [5.41, 5.74) is -1.35. The number of ether oxygens (including phenoxy) is 1. The van der Waals surface area contributed by atoms with Gasteiger partial charge in [0, 0.05) is 7.05 Å². The Labute approximate surface area is 121 Å². The Hall–Kier alpha value is -1.32. The first kappa shape index (κ1) is 15.1. The van der Waals surface area contributed by atoms with Crippen LogP contribution in [0.1, 0.15) is 40.5 Å². The van der Waals surface area contributed by atoms with Crippen LogP contribution in [0.5, 0.6) is 0 Å². The van der Waals surface area contributed by atoms with Crippen LogP contribution in [-0.2, 0) is 9.53 Å². The maximum atomic E-state index is 12.3. The molecule has 0 aliphatic heterocycles. The third-order valence-electron chi connectivity index (χ3n) is 4.66. The van der Waals surface area contributed by atoms with Gasteiger partial charge in [0.05, 0.1) is 0 Å². The highest BCUT2D eigenvalue weighted by Gasteiger charge is 2.50. The lowest BCUT2D eigenvalue weighted by Crippen LogP contribution is -2.55. The van der Waals surface area contributed by atoms with E-state index in [-0.39, 0.29) is 5.92 Å². The zero-order chi connectivity index (χ0) is 15.1. The first-order chi connectivity index (χ1) is 9.17. The maximum Gasteiger partial charge on any atom is 0.410 e. The van der Waals surface area contributed by atoms with Gasteiger partial charge in [0.1, 0.15) is 17.4 Å². The van der Waals surface area contributed by atoms with Gasteiger partial charge >= 0.3 is 6.09 Å². The van der Waals surface area contributed by atoms with Crippen molar-refractivity contribution in [1.29, 1.82) is 0 Å². The summed E-state index contributed by atoms with van der Waals surface area (Å²) in [6.07, 6.45) is 7.00. The van der Waals surface area contributed by atoms with Gasteiger partial charge in [0.2, 0.25) is 0 Å². The lowest BCUT2D eigenvalue weighted by atomic mass is 9.77. The number of rotatable bonds is 3. The van der Waals surface area contributed by atoms with Crippen LogP contribution in [0, 0.1) is 17.8 Å². The fourth-order valence-electron chi connectivity index (χ4n) is 3.40. The van der Waals surface area contributed by atoms with Crippen LogP contribution in [0.15, 0.2) is 12.2 Å². The van der Waals surface area contributed by atoms with Crippen molar-refractivity contribution in [2.24, 2.45) is 17.8 Å². The lowest BCUT2D eigenvalue weighted by Gasteiger charge is -2.41. The fraction of sp³-hybridized carbons (Fsp3) is 0.750. The van der Waals surface area contributed by atoms with Crippen molar-refractivity contribution < 1.29 is 14.3 Å². The largest absolute Gasteiger partial charge is 0.444 e. The van der Waals surface area contributed by atoms with E-state index < -0.39 is 17.2 Å². The van der Waals surface area contributed by atoms with Crippen LogP contribution in [0.2, 0.25) is 0 Å². The van der Waals surface area contributed by atoms with E-state index in [0.717, 1.165) is 19.1 Å². The second-order valence-corrected chi connectivity index (χ2v) is 7.27. The maximum absolute atomic E-state index is 12.3. The zero-order valence-electron chi connectivity index (χ0n) is 13.1. The van der Waals surface area contributed by atoms with Crippen molar-refractivity contribution in [3.8, 4) is 0 Å². The van der Waals surface area contributed by atoms with E-state index in [0.29, 0.717) is 11.8 Å². The second-order valence-electron chi connectivity index (χ2n) is 7.27. The van der Waals surface area contributed by atoms with Gasteiger partial charge in [-0.15, -0.1) is 0 Å². The molecule has 0 radical (unpaired) electrons. The number of hydrogen-bond donors (Lipinski definition) is 0. The summed E-state index contributed by atoms with van der Waals surface area (Å²) in [5.74, 6) is 1.16. The van der Waals surface area contributed by atoms with Gasteiger partial charge in [-0.2, -0.15) is 0 Å². The molecule has 4 atom stereocenters. The van der Waals surface area contributed by atoms with E-state index in [9.17, 15) is 9.59 Å². The van der Waals surface area contributed by atoms with Crippen molar-refractivity contribution >= 4 is 12.4 Å². The monoisotopic (exact) mass is 279 g/mol. The quantitative estimate of drug-likeness (QED) is 0.589. The summed E-state index contributed by atoms with van der Waals surface area (Å²) >= 11 is 0. The Bertz CT molecular complexity index is 437. The average molecular weight is 279 g/mol. The molecule has 2 bridgehead atoms. The lowest BCUT2D eigenvalue weighted by molar-refractivity contribution is -0.120. The first-order valence-corrected chi connectivity index (χ1v) is 7.29. The number of carbonyl (C=O) groups excluding carboxylic acids is 2. The van der Waals surface area contributed by atoms with E-state index in [1.54, 1.807) is 7.05 Å². The molecule has 4 unspecified atom stereocenters. The molecule has 4 heteroatoms. The number of nitrogens with zero attached hydrogens (tertiary/aromatic N) is 1. The predicted octanol–water partition coefficient (Wildman–Crippen LogP) is 3.02. The summed E-state index contributed by atoms with van der Waals surface area (Å²) in [4.78, 5) is 25.5. The second kappa shape index (κ2) is 4.90. The average Bonchev–Trinajstić information content (AvgIpc) is 2.97. The van der Waals surface area contributed by atoms with Crippen molar-refractivity contribution in [3.63, 3.8) is 0 Å². The van der Waals surface area contributed by atoms with Crippen molar-refractivity contribution in [2.75, 3.05) is 7.05 Å². The molecule has 0 heterocycles. The smallest absolute Gasteiger partial charge is 0.410 e. The van der Waals surface area contributed by atoms with Gasteiger partial charge in [0.15, 0.2) is 0 Å². The van der Waals surface area contributed by atoms with Crippen LogP contribution in [0.25, 0.3) is 0 Å². The number of hydrogen-bond acceptors (Lipinski definition) is 3. The normalized spacial score (nSPS) is 30.9. The van der Waals surface area contributed by atoms with Crippen LogP contribution in [0.4, 0.5) is 4.79 Å². The molecule has 2 aliphatic rings. The van der Waals surface area contributed by atoms with Gasteiger partial charge in [0.25, 0.3) is 0 Å². The number of aldehydes is 1. The molecule has 0 N–H and O–H groups in total. The van der Waals surface area contributed by atoms with Crippen molar-refractivity contribution in [2.45, 2.75) is 51.7 Å². The summed E-state index contributed by atoms with van der Waals surface area (Å²) in [5, 5.41) is 0. The molecule has 0 aromatic rings. The molecule has 112 valence electrons. The molecule has 1 fully saturated rings. The Morgan fingerprint density at radius 3 is 2.30 bits per heavy atom. The van der Waals surface area contributed by atoms with Crippen LogP contribution < -0.4 is 0 Å². The summed E-state index contributed by atoms with van der Waals surface area (Å²) in [6.45, 7) is 7.34. The third-order valence-corrected chi connectivity index (χ3v) is 4.66. The van der Waals surface area contributed by atoms with Gasteiger partial charge in [-0.25, -0.2) is 4.79 Å². The molecule has 2 aliphatic carbocycles. The van der Waals surface area contributed by atoms with Gasteiger partial charge in [-0.3, -0.25) is 4.90 Å². The van der Waals surface area contributed by atoms with E-state index in [1.165, 1.54) is 4.90 Å². The van der Waals surface area contributed by atoms with Crippen LogP contribution >= 0.6 is 0 Å². The zero-order valence-corrected chi connectivity index (χ0v) is 13.1. The number of amides is 1. The van der Waals surface area contributed by atoms with Crippen molar-refractivity contribution in [1.82, 2.24) is 4.90 Å². The molecule has 0 aromatic heterocycles. The molecule has 4 nitrogen and oxygen atoms in total. The number of allylic oxidation sites excluding steroid dienone is 2. The Kier molecular flexibility index (Phi) is 3.69. The minimum Gasteiger partial charge on any atom is -0.444 e. The highest BCUT2D eigenvalue weighted by atomic mass is 16.6. The molecule has 0 saturated heterocycles. The Morgan fingerprint density at radius 1 is 1.25 bits per heavy atom. The Morgan fingerprint density at radius 2 is 1.90 bits per heavy atom. The van der Waals surface area contributed by atoms with E-state index >= 15 is 0 Å². The van der Waals surface area contributed by atoms with E-state index in [4.69, 9.17) is 4.74 Å². The summed E-state index contributed by atoms with van der Waals surface area (Å²) in [6, 6.07) is 0. The minimum absolute atomic E-state index is 0.188. The highest BCUT2D eigenvalue weighted by Crippen LogP contribution is 2.49. The number of fused-ring (bicyclic) bond motifs is 2.